The average Bonchev–Trinajstić information content (AvgIpc) is 2.19. The first-order chi connectivity index (χ1) is 7.39. The Bertz CT molecular complexity index is 382. The zero-order chi connectivity index (χ0) is 12.3. The van der Waals surface area contributed by atoms with Crippen LogP contribution in [0.2, 0.25) is 0 Å². The van der Waals surface area contributed by atoms with Crippen LogP contribution >= 0.6 is 0 Å². The van der Waals surface area contributed by atoms with Gasteiger partial charge in [-0.3, -0.25) is 4.98 Å². The maximum atomic E-state index is 12.1. The van der Waals surface area contributed by atoms with Crippen LogP contribution in [0, 0.1) is 0 Å². The van der Waals surface area contributed by atoms with E-state index in [1.54, 1.807) is 0 Å². The molecule has 5 nitrogen and oxygen atoms in total. The second-order valence-electron chi connectivity index (χ2n) is 2.88. The highest BCUT2D eigenvalue weighted by Gasteiger charge is 2.33. The number of nitrogens with two attached hydrogens (primary N) is 2. The van der Waals surface area contributed by atoms with Gasteiger partial charge in [-0.05, 0) is 0 Å². The maximum absolute atomic E-state index is 12.1. The molecule has 1 aromatic heterocycles. The predicted molar refractivity (Wildman–Crippen MR) is 49.1 cm³/mol. The van der Waals surface area contributed by atoms with E-state index in [0.717, 1.165) is 0 Å². The molecule has 0 aliphatic heterocycles. The Kier molecular flexibility index (Phi) is 3.55. The summed E-state index contributed by atoms with van der Waals surface area (Å²) in [6.07, 6.45) is -3.70. The zero-order valence-corrected chi connectivity index (χ0v) is 8.08. The number of hydrogen-bond acceptors (Lipinski definition) is 5. The highest BCUT2D eigenvalue weighted by Crippen LogP contribution is 2.33. The summed E-state index contributed by atoms with van der Waals surface area (Å²) in [5.41, 5.74) is 10.3. The first-order valence-corrected chi connectivity index (χ1v) is 4.22. The van der Waals surface area contributed by atoms with Crippen LogP contribution in [0.1, 0.15) is 11.3 Å². The third-order valence-corrected chi connectivity index (χ3v) is 1.82. The van der Waals surface area contributed by atoms with Crippen molar-refractivity contribution >= 4 is 5.69 Å². The Balaban J connectivity index is 3.21. The second-order valence-corrected chi connectivity index (χ2v) is 2.88. The van der Waals surface area contributed by atoms with Crippen molar-refractivity contribution in [1.29, 1.82) is 0 Å². The number of aliphatic hydroxyl groups excluding tert-OH is 1. The first-order valence-electron chi connectivity index (χ1n) is 4.22. The molecule has 0 fully saturated rings. The van der Waals surface area contributed by atoms with Crippen molar-refractivity contribution in [3.05, 3.63) is 17.5 Å². The third-order valence-electron chi connectivity index (χ3n) is 1.82. The van der Waals surface area contributed by atoms with Gasteiger partial charge in [0.1, 0.15) is 5.69 Å². The lowest BCUT2D eigenvalue weighted by molar-refractivity contribution is -0.274. The van der Waals surface area contributed by atoms with E-state index >= 15 is 0 Å². The number of anilines is 1. The third kappa shape index (κ3) is 2.74. The molecule has 0 spiro atoms. The fourth-order valence-electron chi connectivity index (χ4n) is 1.09. The van der Waals surface area contributed by atoms with E-state index in [9.17, 15) is 13.2 Å². The van der Waals surface area contributed by atoms with E-state index in [-0.39, 0.29) is 23.5 Å². The van der Waals surface area contributed by atoms with E-state index in [0.29, 0.717) is 0 Å². The van der Waals surface area contributed by atoms with Gasteiger partial charge in [-0.2, -0.15) is 0 Å². The van der Waals surface area contributed by atoms with E-state index in [4.69, 9.17) is 16.6 Å². The number of rotatable bonds is 3. The lowest BCUT2D eigenvalue weighted by Crippen LogP contribution is -2.20. The molecule has 1 aromatic rings. The normalized spacial score (nSPS) is 11.6. The van der Waals surface area contributed by atoms with Gasteiger partial charge in [0.05, 0.1) is 12.3 Å². The van der Waals surface area contributed by atoms with Gasteiger partial charge in [-0.15, -0.1) is 13.2 Å². The summed E-state index contributed by atoms with van der Waals surface area (Å²) in [6, 6.07) is 0. The molecule has 0 aliphatic carbocycles. The number of aromatic nitrogens is 1. The standard InChI is InChI=1S/C8H10F3N3O2/c9-8(10,11)16-7-5(3-15)14-2-4(1-12)6(7)13/h2,15H,1,3,12H2,(H2,13,14). The molecule has 0 atom stereocenters. The second kappa shape index (κ2) is 4.54. The molecular weight excluding hydrogens is 227 g/mol. The van der Waals surface area contributed by atoms with Crippen LogP contribution in [-0.4, -0.2) is 16.5 Å². The number of aliphatic hydroxyl groups is 1. The summed E-state index contributed by atoms with van der Waals surface area (Å²) in [7, 11) is 0. The summed E-state index contributed by atoms with van der Waals surface area (Å²) >= 11 is 0. The number of alkyl halides is 3. The van der Waals surface area contributed by atoms with Gasteiger partial charge >= 0.3 is 6.36 Å². The molecule has 5 N–H and O–H groups in total. The zero-order valence-electron chi connectivity index (χ0n) is 8.08. The van der Waals surface area contributed by atoms with Crippen LogP contribution in [0.15, 0.2) is 6.20 Å². The van der Waals surface area contributed by atoms with Crippen molar-refractivity contribution in [3.8, 4) is 5.75 Å². The van der Waals surface area contributed by atoms with Gasteiger partial charge in [0.15, 0.2) is 5.75 Å². The molecule has 0 radical (unpaired) electrons. The topological polar surface area (TPSA) is 94.4 Å². The largest absolute Gasteiger partial charge is 0.573 e. The van der Waals surface area contributed by atoms with Crippen LogP contribution < -0.4 is 16.2 Å². The number of hydrogen-bond donors (Lipinski definition) is 3. The van der Waals surface area contributed by atoms with Crippen molar-refractivity contribution in [2.75, 3.05) is 5.73 Å². The number of halogens is 3. The first kappa shape index (κ1) is 12.5. The Morgan fingerprint density at radius 2 is 2.06 bits per heavy atom. The van der Waals surface area contributed by atoms with E-state index in [1.807, 2.05) is 0 Å². The fraction of sp³-hybridized carbons (Fsp3) is 0.375. The van der Waals surface area contributed by atoms with Crippen LogP contribution in [0.3, 0.4) is 0 Å². The molecule has 0 amide bonds. The van der Waals surface area contributed by atoms with E-state index in [2.05, 4.69) is 9.72 Å². The summed E-state index contributed by atoms with van der Waals surface area (Å²) in [5, 5.41) is 8.81. The van der Waals surface area contributed by atoms with Gasteiger partial charge in [0.2, 0.25) is 0 Å². The van der Waals surface area contributed by atoms with Crippen LogP contribution in [0.25, 0.3) is 0 Å². The van der Waals surface area contributed by atoms with Crippen molar-refractivity contribution in [3.63, 3.8) is 0 Å². The number of ether oxygens (including phenoxy) is 1. The van der Waals surface area contributed by atoms with Crippen LogP contribution in [-0.2, 0) is 13.2 Å². The molecular formula is C8H10F3N3O2. The summed E-state index contributed by atoms with van der Waals surface area (Å²) < 4.78 is 39.9. The minimum Gasteiger partial charge on any atom is -0.402 e. The molecule has 0 unspecified atom stereocenters. The highest BCUT2D eigenvalue weighted by molar-refractivity contribution is 5.59. The highest BCUT2D eigenvalue weighted by atomic mass is 19.4. The van der Waals surface area contributed by atoms with Crippen molar-refractivity contribution in [2.24, 2.45) is 5.73 Å². The summed E-state index contributed by atoms with van der Waals surface area (Å²) in [6.45, 7) is -0.779. The molecule has 0 bridgehead atoms. The lowest BCUT2D eigenvalue weighted by Gasteiger charge is -2.15. The molecule has 1 rings (SSSR count). The lowest BCUT2D eigenvalue weighted by atomic mass is 10.2. The molecule has 0 aromatic carbocycles. The monoisotopic (exact) mass is 237 g/mol. The van der Waals surface area contributed by atoms with E-state index < -0.39 is 18.7 Å². The molecule has 90 valence electrons. The van der Waals surface area contributed by atoms with Gasteiger partial charge in [0, 0.05) is 18.3 Å². The fourth-order valence-corrected chi connectivity index (χ4v) is 1.09. The molecule has 0 saturated heterocycles. The van der Waals surface area contributed by atoms with Crippen molar-refractivity contribution < 1.29 is 23.0 Å². The summed E-state index contributed by atoms with van der Waals surface area (Å²) in [5.74, 6) is -0.696. The minimum atomic E-state index is -4.90. The van der Waals surface area contributed by atoms with Gasteiger partial charge < -0.3 is 21.3 Å². The molecule has 16 heavy (non-hydrogen) atoms. The number of nitrogens with zero attached hydrogens (tertiary/aromatic N) is 1. The Morgan fingerprint density at radius 1 is 1.44 bits per heavy atom. The smallest absolute Gasteiger partial charge is 0.402 e. The van der Waals surface area contributed by atoms with Crippen LogP contribution in [0.5, 0.6) is 5.75 Å². The van der Waals surface area contributed by atoms with Gasteiger partial charge in [-0.25, -0.2) is 0 Å². The SMILES string of the molecule is NCc1cnc(CO)c(OC(F)(F)F)c1N. The molecule has 0 saturated carbocycles. The Morgan fingerprint density at radius 3 is 2.50 bits per heavy atom. The van der Waals surface area contributed by atoms with E-state index in [1.165, 1.54) is 6.20 Å². The Hall–Kier alpha value is -1.54. The molecule has 8 heteroatoms. The average molecular weight is 237 g/mol. The number of nitrogen functional groups attached to an aromatic ring is 1. The Labute approximate surface area is 88.8 Å². The predicted octanol–water partition coefficient (Wildman–Crippen LogP) is 0.513. The van der Waals surface area contributed by atoms with Gasteiger partial charge in [0.25, 0.3) is 0 Å². The van der Waals surface area contributed by atoms with Gasteiger partial charge in [-0.1, -0.05) is 0 Å². The number of pyridine rings is 1. The van der Waals surface area contributed by atoms with Crippen LogP contribution in [0.4, 0.5) is 18.9 Å². The molecule has 1 heterocycles. The minimum absolute atomic E-state index is 0.0707. The quantitative estimate of drug-likeness (QED) is 0.712. The summed E-state index contributed by atoms with van der Waals surface area (Å²) in [4.78, 5) is 3.58. The van der Waals surface area contributed by atoms with Crippen molar-refractivity contribution in [1.82, 2.24) is 4.98 Å². The molecule has 0 aliphatic rings. The maximum Gasteiger partial charge on any atom is 0.573 e. The van der Waals surface area contributed by atoms with Crippen molar-refractivity contribution in [2.45, 2.75) is 19.5 Å².